The van der Waals surface area contributed by atoms with Crippen molar-refractivity contribution in [2.75, 3.05) is 32.1 Å². The lowest BCUT2D eigenvalue weighted by atomic mass is 10.0. The van der Waals surface area contributed by atoms with Crippen LogP contribution in [-0.2, 0) is 6.54 Å². The van der Waals surface area contributed by atoms with Crippen LogP contribution < -0.4 is 10.2 Å². The first-order valence-electron chi connectivity index (χ1n) is 8.06. The van der Waals surface area contributed by atoms with E-state index in [1.54, 1.807) is 12.1 Å². The molecule has 1 aliphatic carbocycles. The summed E-state index contributed by atoms with van der Waals surface area (Å²) >= 11 is 0. The second-order valence-electron chi connectivity index (χ2n) is 6.68. The second-order valence-corrected chi connectivity index (χ2v) is 6.68. The molecule has 21 heavy (non-hydrogen) atoms. The van der Waals surface area contributed by atoms with Crippen molar-refractivity contribution >= 4 is 5.69 Å². The van der Waals surface area contributed by atoms with Crippen molar-refractivity contribution in [2.24, 2.45) is 0 Å². The average Bonchev–Trinajstić information content (AvgIpc) is 3.29. The lowest BCUT2D eigenvalue weighted by Gasteiger charge is -2.37. The van der Waals surface area contributed by atoms with E-state index >= 15 is 0 Å². The Morgan fingerprint density at radius 2 is 2.05 bits per heavy atom. The van der Waals surface area contributed by atoms with Gasteiger partial charge in [0.1, 0.15) is 5.82 Å². The van der Waals surface area contributed by atoms with Crippen molar-refractivity contribution in [1.29, 1.82) is 0 Å². The Hall–Kier alpha value is -1.13. The van der Waals surface area contributed by atoms with Gasteiger partial charge in [-0.25, -0.2) is 4.39 Å². The molecule has 1 aromatic carbocycles. The molecule has 1 atom stereocenters. The molecular weight excluding hydrogens is 265 g/mol. The standard InChI is InChI=1S/C17H26FN3/c1-20(2)16-4-3-7-21(12-16)17-9-13(8-14(18)10-17)11-19-15-5-6-15/h8-10,15-16,19H,3-7,11-12H2,1-2H3. The fourth-order valence-electron chi connectivity index (χ4n) is 3.08. The molecule has 2 fully saturated rings. The van der Waals surface area contributed by atoms with Crippen molar-refractivity contribution in [1.82, 2.24) is 10.2 Å². The van der Waals surface area contributed by atoms with Crippen molar-refractivity contribution in [3.63, 3.8) is 0 Å². The number of anilines is 1. The van der Waals surface area contributed by atoms with Gasteiger partial charge in [0.2, 0.25) is 0 Å². The minimum atomic E-state index is -0.118. The largest absolute Gasteiger partial charge is 0.370 e. The Bertz CT molecular complexity index is 485. The fraction of sp³-hybridized carbons (Fsp3) is 0.647. The van der Waals surface area contributed by atoms with Gasteiger partial charge in [0.05, 0.1) is 0 Å². The molecule has 3 rings (SSSR count). The Morgan fingerprint density at radius 3 is 2.76 bits per heavy atom. The number of hydrogen-bond donors (Lipinski definition) is 1. The first kappa shape index (κ1) is 14.8. The quantitative estimate of drug-likeness (QED) is 0.899. The van der Waals surface area contributed by atoms with Crippen molar-refractivity contribution in [3.8, 4) is 0 Å². The summed E-state index contributed by atoms with van der Waals surface area (Å²) in [4.78, 5) is 4.61. The predicted octanol–water partition coefficient (Wildman–Crippen LogP) is 2.61. The van der Waals surface area contributed by atoms with E-state index in [1.807, 2.05) is 0 Å². The Kier molecular flexibility index (Phi) is 4.45. The van der Waals surface area contributed by atoms with Gasteiger partial charge >= 0.3 is 0 Å². The van der Waals surface area contributed by atoms with Crippen LogP contribution in [0.1, 0.15) is 31.2 Å². The lowest BCUT2D eigenvalue weighted by molar-refractivity contribution is 0.258. The summed E-state index contributed by atoms with van der Waals surface area (Å²) < 4.78 is 13.9. The third kappa shape index (κ3) is 3.95. The Balaban J connectivity index is 1.70. The van der Waals surface area contributed by atoms with Crippen molar-refractivity contribution in [3.05, 3.63) is 29.6 Å². The van der Waals surface area contributed by atoms with E-state index in [4.69, 9.17) is 0 Å². The van der Waals surface area contributed by atoms with Crippen LogP contribution in [-0.4, -0.2) is 44.2 Å². The van der Waals surface area contributed by atoms with Gasteiger partial charge in [-0.1, -0.05) is 0 Å². The highest BCUT2D eigenvalue weighted by atomic mass is 19.1. The zero-order chi connectivity index (χ0) is 14.8. The monoisotopic (exact) mass is 291 g/mol. The molecule has 1 aromatic rings. The molecule has 1 saturated heterocycles. The van der Waals surface area contributed by atoms with Gasteiger partial charge in [-0.15, -0.1) is 0 Å². The molecule has 0 radical (unpaired) electrons. The van der Waals surface area contributed by atoms with Gasteiger partial charge in [-0.3, -0.25) is 0 Å². The summed E-state index contributed by atoms with van der Waals surface area (Å²) in [7, 11) is 4.26. The zero-order valence-electron chi connectivity index (χ0n) is 13.1. The summed E-state index contributed by atoms with van der Waals surface area (Å²) in [6, 6.07) is 6.71. The highest BCUT2D eigenvalue weighted by Gasteiger charge is 2.23. The molecule has 1 unspecified atom stereocenters. The summed E-state index contributed by atoms with van der Waals surface area (Å²) in [5, 5.41) is 3.46. The van der Waals surface area contributed by atoms with Crippen LogP contribution in [0, 0.1) is 5.82 Å². The zero-order valence-corrected chi connectivity index (χ0v) is 13.1. The summed E-state index contributed by atoms with van der Waals surface area (Å²) in [6.07, 6.45) is 4.93. The molecule has 2 aliphatic rings. The SMILES string of the molecule is CN(C)C1CCCN(c2cc(F)cc(CNC3CC3)c2)C1. The molecule has 0 amide bonds. The van der Waals surface area contributed by atoms with E-state index in [9.17, 15) is 4.39 Å². The van der Waals surface area contributed by atoms with Crippen LogP contribution in [0.4, 0.5) is 10.1 Å². The lowest BCUT2D eigenvalue weighted by Crippen LogP contribution is -2.45. The molecule has 1 saturated carbocycles. The van der Waals surface area contributed by atoms with Gasteiger partial charge in [-0.2, -0.15) is 0 Å². The van der Waals surface area contributed by atoms with Crippen LogP contribution in [0.2, 0.25) is 0 Å². The molecule has 1 aliphatic heterocycles. The smallest absolute Gasteiger partial charge is 0.125 e. The molecule has 0 spiro atoms. The number of likely N-dealkylation sites (N-methyl/N-ethyl adjacent to an activating group) is 1. The fourth-order valence-corrected chi connectivity index (χ4v) is 3.08. The van der Waals surface area contributed by atoms with E-state index in [1.165, 1.54) is 25.7 Å². The van der Waals surface area contributed by atoms with E-state index < -0.39 is 0 Å². The van der Waals surface area contributed by atoms with Crippen LogP contribution in [0.5, 0.6) is 0 Å². The minimum absolute atomic E-state index is 0.118. The maximum Gasteiger partial charge on any atom is 0.125 e. The number of hydrogen-bond acceptors (Lipinski definition) is 3. The van der Waals surface area contributed by atoms with Gasteiger partial charge in [0.15, 0.2) is 0 Å². The van der Waals surface area contributed by atoms with E-state index in [2.05, 4.69) is 35.3 Å². The Morgan fingerprint density at radius 1 is 1.24 bits per heavy atom. The molecule has 0 bridgehead atoms. The summed E-state index contributed by atoms with van der Waals surface area (Å²) in [6.45, 7) is 2.80. The third-order valence-electron chi connectivity index (χ3n) is 4.61. The van der Waals surface area contributed by atoms with Crippen LogP contribution in [0.3, 0.4) is 0 Å². The average molecular weight is 291 g/mol. The predicted molar refractivity (Wildman–Crippen MR) is 85.2 cm³/mol. The molecule has 116 valence electrons. The Labute approximate surface area is 127 Å². The number of nitrogens with zero attached hydrogens (tertiary/aromatic N) is 2. The number of halogens is 1. The highest BCUT2D eigenvalue weighted by Crippen LogP contribution is 2.25. The van der Waals surface area contributed by atoms with E-state index in [-0.39, 0.29) is 5.82 Å². The van der Waals surface area contributed by atoms with E-state index in [0.29, 0.717) is 12.1 Å². The number of rotatable bonds is 5. The highest BCUT2D eigenvalue weighted by molar-refractivity contribution is 5.49. The van der Waals surface area contributed by atoms with Crippen molar-refractivity contribution < 1.29 is 4.39 Å². The number of piperidine rings is 1. The third-order valence-corrected chi connectivity index (χ3v) is 4.61. The minimum Gasteiger partial charge on any atom is -0.370 e. The molecule has 1 heterocycles. The second kappa shape index (κ2) is 6.32. The number of nitrogens with one attached hydrogen (secondary N) is 1. The van der Waals surface area contributed by atoms with Crippen molar-refractivity contribution in [2.45, 2.75) is 44.3 Å². The van der Waals surface area contributed by atoms with Crippen LogP contribution in [0.15, 0.2) is 18.2 Å². The van der Waals surface area contributed by atoms with Gasteiger partial charge in [0, 0.05) is 37.4 Å². The van der Waals surface area contributed by atoms with E-state index in [0.717, 1.165) is 30.9 Å². The van der Waals surface area contributed by atoms with Crippen LogP contribution in [0.25, 0.3) is 0 Å². The van der Waals surface area contributed by atoms with Gasteiger partial charge in [-0.05, 0) is 63.5 Å². The first-order chi connectivity index (χ1) is 10.1. The maximum absolute atomic E-state index is 13.9. The first-order valence-corrected chi connectivity index (χ1v) is 8.06. The molecule has 4 heteroatoms. The molecule has 3 nitrogen and oxygen atoms in total. The van der Waals surface area contributed by atoms with Crippen LogP contribution >= 0.6 is 0 Å². The maximum atomic E-state index is 13.9. The summed E-state index contributed by atoms with van der Waals surface area (Å²) in [5.74, 6) is -0.118. The number of benzene rings is 1. The van der Waals surface area contributed by atoms with Gasteiger partial charge < -0.3 is 15.1 Å². The molecule has 0 aromatic heterocycles. The normalized spacial score (nSPS) is 22.9. The molecular formula is C17H26FN3. The topological polar surface area (TPSA) is 18.5 Å². The van der Waals surface area contributed by atoms with Gasteiger partial charge in [0.25, 0.3) is 0 Å². The summed E-state index contributed by atoms with van der Waals surface area (Å²) in [5.41, 5.74) is 2.10. The molecule has 1 N–H and O–H groups in total.